The molecule has 1 aliphatic heterocycles. The first-order chi connectivity index (χ1) is 13.7. The van der Waals surface area contributed by atoms with Crippen molar-refractivity contribution in [3.05, 3.63) is 59.9 Å². The number of hydrazone groups is 1. The molecule has 0 aliphatic carbocycles. The minimum Gasteiger partial charge on any atom is -0.423 e. The number of benzene rings is 1. The molecule has 0 unspecified atom stereocenters. The predicted octanol–water partition coefficient (Wildman–Crippen LogP) is 1.47. The molecule has 0 saturated carbocycles. The zero-order valence-electron chi connectivity index (χ0n) is 15.4. The fraction of sp³-hybridized carbons (Fsp3) is 0.300. The Morgan fingerprint density at radius 1 is 1.21 bits per heavy atom. The van der Waals surface area contributed by atoms with Gasteiger partial charge in [-0.15, -0.1) is 0 Å². The molecular weight excluding hydrogens is 360 g/mol. The molecule has 146 valence electrons. The van der Waals surface area contributed by atoms with Crippen LogP contribution in [0.5, 0.6) is 5.75 Å². The Hall–Kier alpha value is -3.10. The number of rotatable bonds is 7. The van der Waals surface area contributed by atoms with Crippen molar-refractivity contribution in [2.24, 2.45) is 5.10 Å². The number of hydrogen-bond acceptors (Lipinski definition) is 7. The number of hydrogen-bond donors (Lipinski definition) is 1. The Balaban J connectivity index is 1.42. The molecule has 0 radical (unpaired) electrons. The lowest BCUT2D eigenvalue weighted by Gasteiger charge is -2.25. The zero-order valence-corrected chi connectivity index (χ0v) is 15.4. The number of carbonyl (C=O) groups excluding carboxylic acids is 2. The molecule has 1 aromatic carbocycles. The fourth-order valence-corrected chi connectivity index (χ4v) is 2.59. The van der Waals surface area contributed by atoms with E-state index in [0.29, 0.717) is 37.5 Å². The van der Waals surface area contributed by atoms with Crippen molar-refractivity contribution in [2.75, 3.05) is 32.8 Å². The number of nitrogens with zero attached hydrogens (tertiary/aromatic N) is 3. The summed E-state index contributed by atoms with van der Waals surface area (Å²) in [4.78, 5) is 29.9. The van der Waals surface area contributed by atoms with Gasteiger partial charge in [-0.3, -0.25) is 14.7 Å². The second kappa shape index (κ2) is 10.3. The standard InChI is InChI=1S/C20H22N4O4/c25-19(7-9-24-10-12-27-13-11-24)23-22-14-16-3-5-18(6-4-16)28-20(26)17-2-1-8-21-15-17/h1-6,8,14-15H,7,9-13H2,(H,23,25)/b22-14-. The van der Waals surface area contributed by atoms with E-state index in [9.17, 15) is 9.59 Å². The molecule has 1 amide bonds. The Labute approximate surface area is 163 Å². The number of pyridine rings is 1. The molecule has 3 rings (SSSR count). The molecular formula is C20H22N4O4. The highest BCUT2D eigenvalue weighted by Gasteiger charge is 2.11. The van der Waals surface area contributed by atoms with Crippen molar-refractivity contribution < 1.29 is 19.1 Å². The van der Waals surface area contributed by atoms with Gasteiger partial charge in [0.2, 0.25) is 5.91 Å². The summed E-state index contributed by atoms with van der Waals surface area (Å²) in [5.41, 5.74) is 3.67. The molecule has 1 fully saturated rings. The van der Waals surface area contributed by atoms with Crippen molar-refractivity contribution in [3.63, 3.8) is 0 Å². The molecule has 2 heterocycles. The molecule has 8 nitrogen and oxygen atoms in total. The number of amides is 1. The highest BCUT2D eigenvalue weighted by atomic mass is 16.5. The van der Waals surface area contributed by atoms with Crippen molar-refractivity contribution in [1.82, 2.24) is 15.3 Å². The summed E-state index contributed by atoms with van der Waals surface area (Å²) in [6.45, 7) is 3.84. The number of morpholine rings is 1. The maximum absolute atomic E-state index is 12.0. The summed E-state index contributed by atoms with van der Waals surface area (Å²) in [6, 6.07) is 10.1. The van der Waals surface area contributed by atoms with E-state index in [0.717, 1.165) is 18.7 Å². The average Bonchev–Trinajstić information content (AvgIpc) is 2.75. The number of nitrogens with one attached hydrogen (secondary N) is 1. The van der Waals surface area contributed by atoms with Gasteiger partial charge in [0, 0.05) is 38.4 Å². The second-order valence-corrected chi connectivity index (χ2v) is 6.20. The van der Waals surface area contributed by atoms with Crippen LogP contribution in [0.4, 0.5) is 0 Å². The maximum atomic E-state index is 12.0. The Morgan fingerprint density at radius 3 is 2.71 bits per heavy atom. The lowest BCUT2D eigenvalue weighted by Crippen LogP contribution is -2.38. The summed E-state index contributed by atoms with van der Waals surface area (Å²) < 4.78 is 10.6. The molecule has 1 aliphatic rings. The maximum Gasteiger partial charge on any atom is 0.345 e. The van der Waals surface area contributed by atoms with Gasteiger partial charge in [-0.25, -0.2) is 10.2 Å². The molecule has 0 bridgehead atoms. The zero-order chi connectivity index (χ0) is 19.6. The van der Waals surface area contributed by atoms with Crippen LogP contribution in [-0.2, 0) is 9.53 Å². The van der Waals surface area contributed by atoms with Crippen LogP contribution in [0.3, 0.4) is 0 Å². The van der Waals surface area contributed by atoms with Gasteiger partial charge >= 0.3 is 5.97 Å². The lowest BCUT2D eigenvalue weighted by atomic mass is 10.2. The van der Waals surface area contributed by atoms with Crippen LogP contribution >= 0.6 is 0 Å². The summed E-state index contributed by atoms with van der Waals surface area (Å²) in [6.07, 6.45) is 4.97. The van der Waals surface area contributed by atoms with Crippen molar-refractivity contribution >= 4 is 18.1 Å². The first kappa shape index (κ1) is 19.7. The Bertz CT molecular complexity index is 803. The van der Waals surface area contributed by atoms with Crippen LogP contribution in [0, 0.1) is 0 Å². The minimum atomic E-state index is -0.470. The molecule has 28 heavy (non-hydrogen) atoms. The highest BCUT2D eigenvalue weighted by molar-refractivity contribution is 5.90. The van der Waals surface area contributed by atoms with E-state index in [4.69, 9.17) is 9.47 Å². The molecule has 1 aromatic heterocycles. The van der Waals surface area contributed by atoms with Gasteiger partial charge < -0.3 is 9.47 Å². The van der Waals surface area contributed by atoms with Crippen LogP contribution in [0.1, 0.15) is 22.3 Å². The second-order valence-electron chi connectivity index (χ2n) is 6.20. The van der Waals surface area contributed by atoms with Gasteiger partial charge in [-0.2, -0.15) is 5.10 Å². The SMILES string of the molecule is O=C(CCN1CCOCC1)N/N=C\c1ccc(OC(=O)c2cccnc2)cc1. The fourth-order valence-electron chi connectivity index (χ4n) is 2.59. The first-order valence-corrected chi connectivity index (χ1v) is 9.05. The van der Waals surface area contributed by atoms with E-state index in [1.807, 2.05) is 0 Å². The summed E-state index contributed by atoms with van der Waals surface area (Å²) >= 11 is 0. The Morgan fingerprint density at radius 2 is 2.00 bits per heavy atom. The van der Waals surface area contributed by atoms with Crippen LogP contribution in [0.15, 0.2) is 53.9 Å². The molecule has 1 N–H and O–H groups in total. The summed E-state index contributed by atoms with van der Waals surface area (Å²) in [7, 11) is 0. The third kappa shape index (κ3) is 6.26. The number of carbonyl (C=O) groups is 2. The van der Waals surface area contributed by atoms with E-state index < -0.39 is 5.97 Å². The highest BCUT2D eigenvalue weighted by Crippen LogP contribution is 2.13. The summed E-state index contributed by atoms with van der Waals surface area (Å²) in [5, 5.41) is 3.96. The van der Waals surface area contributed by atoms with Crippen LogP contribution in [0.2, 0.25) is 0 Å². The molecule has 0 spiro atoms. The molecule has 0 atom stereocenters. The van der Waals surface area contributed by atoms with E-state index in [1.165, 1.54) is 6.20 Å². The number of ether oxygens (including phenoxy) is 2. The van der Waals surface area contributed by atoms with Crippen molar-refractivity contribution in [1.29, 1.82) is 0 Å². The van der Waals surface area contributed by atoms with Crippen LogP contribution in [-0.4, -0.2) is 60.8 Å². The van der Waals surface area contributed by atoms with Gasteiger partial charge in [0.25, 0.3) is 0 Å². The van der Waals surface area contributed by atoms with Crippen LogP contribution in [0.25, 0.3) is 0 Å². The quantitative estimate of drug-likeness (QED) is 0.337. The molecule has 1 saturated heterocycles. The molecule has 8 heteroatoms. The summed E-state index contributed by atoms with van der Waals surface area (Å²) in [5.74, 6) is -0.188. The number of aromatic nitrogens is 1. The lowest BCUT2D eigenvalue weighted by molar-refractivity contribution is -0.121. The van der Waals surface area contributed by atoms with E-state index in [-0.39, 0.29) is 5.91 Å². The van der Waals surface area contributed by atoms with E-state index >= 15 is 0 Å². The van der Waals surface area contributed by atoms with Gasteiger partial charge in [0.15, 0.2) is 0 Å². The Kier molecular flexibility index (Phi) is 7.22. The first-order valence-electron chi connectivity index (χ1n) is 9.05. The average molecular weight is 382 g/mol. The van der Waals surface area contributed by atoms with Crippen molar-refractivity contribution in [3.8, 4) is 5.75 Å². The van der Waals surface area contributed by atoms with E-state index in [1.54, 1.807) is 48.8 Å². The smallest absolute Gasteiger partial charge is 0.345 e. The number of esters is 1. The third-order valence-corrected chi connectivity index (χ3v) is 4.15. The van der Waals surface area contributed by atoms with Gasteiger partial charge in [-0.05, 0) is 42.0 Å². The normalized spacial score (nSPS) is 14.7. The van der Waals surface area contributed by atoms with E-state index in [2.05, 4.69) is 20.4 Å². The largest absolute Gasteiger partial charge is 0.423 e. The third-order valence-electron chi connectivity index (χ3n) is 4.15. The minimum absolute atomic E-state index is 0.134. The van der Waals surface area contributed by atoms with Gasteiger partial charge in [-0.1, -0.05) is 0 Å². The van der Waals surface area contributed by atoms with Crippen LogP contribution < -0.4 is 10.2 Å². The van der Waals surface area contributed by atoms with Crippen molar-refractivity contribution in [2.45, 2.75) is 6.42 Å². The topological polar surface area (TPSA) is 93.1 Å². The monoisotopic (exact) mass is 382 g/mol. The molecule has 2 aromatic rings. The predicted molar refractivity (Wildman–Crippen MR) is 103 cm³/mol. The van der Waals surface area contributed by atoms with Gasteiger partial charge in [0.1, 0.15) is 5.75 Å². The van der Waals surface area contributed by atoms with Gasteiger partial charge in [0.05, 0.1) is 25.0 Å².